The normalized spacial score (nSPS) is 15.4. The Kier molecular flexibility index (Phi) is 6.40. The molecule has 1 fully saturated rings. The van der Waals surface area contributed by atoms with Gasteiger partial charge < -0.3 is 4.57 Å². The first-order valence-corrected chi connectivity index (χ1v) is 12.3. The maximum Gasteiger partial charge on any atom is 0.240 e. The van der Waals surface area contributed by atoms with Crippen LogP contribution in [0.4, 0.5) is 0 Å². The molecule has 30 heavy (non-hydrogen) atoms. The van der Waals surface area contributed by atoms with E-state index in [4.69, 9.17) is 0 Å². The molecule has 2 aromatic carbocycles. The summed E-state index contributed by atoms with van der Waals surface area (Å²) in [5, 5.41) is 0. The number of nitrogens with one attached hydrogen (secondary N) is 1. The lowest BCUT2D eigenvalue weighted by Gasteiger charge is -2.22. The highest BCUT2D eigenvalue weighted by Crippen LogP contribution is 2.32. The summed E-state index contributed by atoms with van der Waals surface area (Å²) in [7, 11) is -3.54. The smallest absolute Gasteiger partial charge is 0.240 e. The van der Waals surface area contributed by atoms with Crippen LogP contribution in [0.2, 0.25) is 0 Å². The van der Waals surface area contributed by atoms with E-state index in [9.17, 15) is 8.42 Å². The van der Waals surface area contributed by atoms with Crippen LogP contribution in [-0.2, 0) is 23.1 Å². The highest BCUT2D eigenvalue weighted by molar-refractivity contribution is 7.89. The highest BCUT2D eigenvalue weighted by atomic mass is 32.2. The van der Waals surface area contributed by atoms with Gasteiger partial charge in [0.1, 0.15) is 0 Å². The Bertz CT molecular complexity index is 1080. The Hall–Kier alpha value is -2.37. The number of sulfonamides is 1. The van der Waals surface area contributed by atoms with Crippen molar-refractivity contribution < 1.29 is 8.42 Å². The molecular weight excluding hydrogens is 392 g/mol. The predicted octanol–water partition coefficient (Wildman–Crippen LogP) is 5.37. The standard InChI is InChI=1S/C25H30N2O2S/c1-20-8-5-6-11-23(20)19-27-17-7-12-24(27)18-26-30(28,29)25-15-13-22(14-16-25)21-9-3-2-4-10-21/h5-8,11-17,21,26H,2-4,9-10,18-19H2,1H3. The van der Waals surface area contributed by atoms with Gasteiger partial charge in [0.15, 0.2) is 0 Å². The third-order valence-electron chi connectivity index (χ3n) is 6.24. The van der Waals surface area contributed by atoms with E-state index in [0.717, 1.165) is 12.2 Å². The molecule has 0 unspecified atom stereocenters. The molecule has 0 amide bonds. The van der Waals surface area contributed by atoms with Gasteiger partial charge in [-0.05, 0) is 66.6 Å². The van der Waals surface area contributed by atoms with Crippen molar-refractivity contribution in [2.75, 3.05) is 0 Å². The summed E-state index contributed by atoms with van der Waals surface area (Å²) < 4.78 is 30.5. The number of hydrogen-bond donors (Lipinski definition) is 1. The summed E-state index contributed by atoms with van der Waals surface area (Å²) in [5.41, 5.74) is 4.67. The molecule has 5 heteroatoms. The van der Waals surface area contributed by atoms with E-state index in [-0.39, 0.29) is 6.54 Å². The molecule has 158 valence electrons. The number of aromatic nitrogens is 1. The molecule has 4 nitrogen and oxygen atoms in total. The zero-order valence-corrected chi connectivity index (χ0v) is 18.4. The molecule has 0 spiro atoms. The zero-order valence-electron chi connectivity index (χ0n) is 17.5. The van der Waals surface area contributed by atoms with E-state index < -0.39 is 10.0 Å². The second-order valence-corrected chi connectivity index (χ2v) is 10.0. The molecule has 1 aliphatic carbocycles. The fourth-order valence-electron chi connectivity index (χ4n) is 4.34. The molecule has 1 aromatic heterocycles. The van der Waals surface area contributed by atoms with E-state index in [2.05, 4.69) is 28.3 Å². The molecule has 1 N–H and O–H groups in total. The minimum atomic E-state index is -3.54. The van der Waals surface area contributed by atoms with Crippen LogP contribution < -0.4 is 4.72 Å². The summed E-state index contributed by atoms with van der Waals surface area (Å²) in [4.78, 5) is 0.332. The predicted molar refractivity (Wildman–Crippen MR) is 121 cm³/mol. The monoisotopic (exact) mass is 422 g/mol. The quantitative estimate of drug-likeness (QED) is 0.556. The fraction of sp³-hybridized carbons (Fsp3) is 0.360. The third kappa shape index (κ3) is 4.85. The molecule has 0 saturated heterocycles. The van der Waals surface area contributed by atoms with E-state index in [1.807, 2.05) is 42.6 Å². The summed E-state index contributed by atoms with van der Waals surface area (Å²) in [6, 6.07) is 19.7. The van der Waals surface area contributed by atoms with Gasteiger partial charge >= 0.3 is 0 Å². The van der Waals surface area contributed by atoms with Gasteiger partial charge in [0.05, 0.1) is 11.4 Å². The maximum absolute atomic E-state index is 12.8. The summed E-state index contributed by atoms with van der Waals surface area (Å²) in [5.74, 6) is 0.577. The zero-order chi connectivity index (χ0) is 21.0. The van der Waals surface area contributed by atoms with Crippen LogP contribution >= 0.6 is 0 Å². The van der Waals surface area contributed by atoms with Gasteiger partial charge in [-0.3, -0.25) is 0 Å². The average molecular weight is 423 g/mol. The van der Waals surface area contributed by atoms with E-state index in [1.165, 1.54) is 48.8 Å². The van der Waals surface area contributed by atoms with E-state index in [1.54, 1.807) is 12.1 Å². The Balaban J connectivity index is 1.42. The van der Waals surface area contributed by atoms with Crippen LogP contribution in [0.3, 0.4) is 0 Å². The first-order valence-electron chi connectivity index (χ1n) is 10.8. The molecular formula is C25H30N2O2S. The van der Waals surface area contributed by atoms with Gasteiger partial charge in [0, 0.05) is 18.4 Å². The van der Waals surface area contributed by atoms with Crippen molar-refractivity contribution in [3.05, 3.63) is 89.2 Å². The van der Waals surface area contributed by atoms with Gasteiger partial charge in [-0.2, -0.15) is 0 Å². The van der Waals surface area contributed by atoms with E-state index in [0.29, 0.717) is 10.8 Å². The van der Waals surface area contributed by atoms with Gasteiger partial charge in [0.2, 0.25) is 10.0 Å². The molecule has 3 aromatic rings. The molecule has 0 aliphatic heterocycles. The maximum atomic E-state index is 12.8. The van der Waals surface area contributed by atoms with Crippen molar-refractivity contribution in [1.82, 2.24) is 9.29 Å². The Labute approximate surface area is 180 Å². The minimum Gasteiger partial charge on any atom is -0.346 e. The van der Waals surface area contributed by atoms with Crippen LogP contribution in [0.25, 0.3) is 0 Å². The van der Waals surface area contributed by atoms with Crippen molar-refractivity contribution in [2.45, 2.75) is 62.9 Å². The van der Waals surface area contributed by atoms with Crippen molar-refractivity contribution in [1.29, 1.82) is 0 Å². The molecule has 1 saturated carbocycles. The summed E-state index contributed by atoms with van der Waals surface area (Å²) >= 11 is 0. The van der Waals surface area contributed by atoms with Crippen molar-refractivity contribution in [3.63, 3.8) is 0 Å². The molecule has 0 radical (unpaired) electrons. The van der Waals surface area contributed by atoms with Crippen LogP contribution in [0.15, 0.2) is 71.8 Å². The minimum absolute atomic E-state index is 0.269. The average Bonchev–Trinajstić information content (AvgIpc) is 3.22. The summed E-state index contributed by atoms with van der Waals surface area (Å²) in [6.07, 6.45) is 8.28. The topological polar surface area (TPSA) is 51.1 Å². The van der Waals surface area contributed by atoms with Gasteiger partial charge in [-0.15, -0.1) is 0 Å². The number of rotatable bonds is 7. The first-order chi connectivity index (χ1) is 14.5. The Morgan fingerprint density at radius 3 is 2.40 bits per heavy atom. The Morgan fingerprint density at radius 1 is 0.933 bits per heavy atom. The number of aryl methyl sites for hydroxylation is 1. The molecule has 4 rings (SSSR count). The fourth-order valence-corrected chi connectivity index (χ4v) is 5.34. The van der Waals surface area contributed by atoms with Gasteiger partial charge in [-0.1, -0.05) is 55.7 Å². The molecule has 1 heterocycles. The Morgan fingerprint density at radius 2 is 1.67 bits per heavy atom. The number of nitrogens with zero attached hydrogens (tertiary/aromatic N) is 1. The van der Waals surface area contributed by atoms with Gasteiger partial charge in [-0.25, -0.2) is 13.1 Å². The van der Waals surface area contributed by atoms with E-state index >= 15 is 0 Å². The third-order valence-corrected chi connectivity index (χ3v) is 7.65. The van der Waals surface area contributed by atoms with Crippen LogP contribution in [0, 0.1) is 6.92 Å². The lowest BCUT2D eigenvalue weighted by Crippen LogP contribution is -2.24. The molecule has 0 atom stereocenters. The number of benzene rings is 2. The second-order valence-electron chi connectivity index (χ2n) is 8.28. The van der Waals surface area contributed by atoms with Crippen LogP contribution in [0.5, 0.6) is 0 Å². The SMILES string of the molecule is Cc1ccccc1Cn1cccc1CNS(=O)(=O)c1ccc(C2CCCCC2)cc1. The van der Waals surface area contributed by atoms with Crippen molar-refractivity contribution in [3.8, 4) is 0 Å². The highest BCUT2D eigenvalue weighted by Gasteiger charge is 2.18. The number of hydrogen-bond acceptors (Lipinski definition) is 2. The van der Waals surface area contributed by atoms with Crippen LogP contribution in [0.1, 0.15) is 60.4 Å². The summed E-state index contributed by atoms with van der Waals surface area (Å²) in [6.45, 7) is 3.09. The second kappa shape index (κ2) is 9.19. The molecule has 0 bridgehead atoms. The molecule has 1 aliphatic rings. The largest absolute Gasteiger partial charge is 0.346 e. The van der Waals surface area contributed by atoms with Crippen molar-refractivity contribution in [2.24, 2.45) is 0 Å². The first kappa shape index (κ1) is 20.9. The van der Waals surface area contributed by atoms with Gasteiger partial charge in [0.25, 0.3) is 0 Å². The van der Waals surface area contributed by atoms with Crippen LogP contribution in [-0.4, -0.2) is 13.0 Å². The van der Waals surface area contributed by atoms with Crippen molar-refractivity contribution >= 4 is 10.0 Å². The lowest BCUT2D eigenvalue weighted by atomic mass is 9.84. The lowest BCUT2D eigenvalue weighted by molar-refractivity contribution is 0.443.